The molecule has 1 heterocycles. The van der Waals surface area contributed by atoms with E-state index in [2.05, 4.69) is 38.2 Å². The first-order valence-electron chi connectivity index (χ1n) is 6.83. The Morgan fingerprint density at radius 1 is 1.17 bits per heavy atom. The lowest BCUT2D eigenvalue weighted by Gasteiger charge is -2.15. The molecule has 1 aromatic heterocycles. The first-order chi connectivity index (χ1) is 8.54. The molecule has 0 aliphatic carbocycles. The van der Waals surface area contributed by atoms with Gasteiger partial charge in [-0.15, -0.1) is 11.3 Å². The van der Waals surface area contributed by atoms with E-state index in [1.165, 1.54) is 29.0 Å². The number of hydrogen-bond donors (Lipinski definition) is 1. The Labute approximate surface area is 116 Å². The summed E-state index contributed by atoms with van der Waals surface area (Å²) in [4.78, 5) is 3.02. The molecule has 0 unspecified atom stereocenters. The summed E-state index contributed by atoms with van der Waals surface area (Å²) >= 11 is 1.97. The van der Waals surface area contributed by atoms with E-state index in [-0.39, 0.29) is 0 Å². The molecule has 0 saturated heterocycles. The van der Waals surface area contributed by atoms with Crippen LogP contribution in [0.3, 0.4) is 0 Å². The predicted octanol–water partition coefficient (Wildman–Crippen LogP) is 3.60. The van der Waals surface area contributed by atoms with Gasteiger partial charge in [0.2, 0.25) is 0 Å². The van der Waals surface area contributed by atoms with Gasteiger partial charge in [-0.1, -0.05) is 20.8 Å². The molecule has 0 fully saturated rings. The Balaban J connectivity index is 2.14. The van der Waals surface area contributed by atoms with Crippen LogP contribution < -0.4 is 5.32 Å². The van der Waals surface area contributed by atoms with Crippen LogP contribution in [-0.2, 0) is 16.6 Å². The highest BCUT2D eigenvalue weighted by Crippen LogP contribution is 2.30. The Kier molecular flexibility index (Phi) is 6.90. The highest BCUT2D eigenvalue weighted by molar-refractivity contribution is 7.12. The van der Waals surface area contributed by atoms with Crippen molar-refractivity contribution < 1.29 is 4.74 Å². The zero-order chi connectivity index (χ0) is 13.4. The molecule has 18 heavy (non-hydrogen) atoms. The van der Waals surface area contributed by atoms with Crippen molar-refractivity contribution in [1.82, 2.24) is 5.32 Å². The van der Waals surface area contributed by atoms with Crippen LogP contribution in [0.25, 0.3) is 0 Å². The van der Waals surface area contributed by atoms with Crippen LogP contribution in [-0.4, -0.2) is 26.8 Å². The molecule has 104 valence electrons. The second-order valence-corrected chi connectivity index (χ2v) is 6.88. The highest BCUT2D eigenvalue weighted by atomic mass is 32.1. The van der Waals surface area contributed by atoms with Gasteiger partial charge in [0.15, 0.2) is 0 Å². The molecule has 0 aliphatic heterocycles. The van der Waals surface area contributed by atoms with Crippen LogP contribution in [0.15, 0.2) is 12.1 Å². The van der Waals surface area contributed by atoms with Crippen molar-refractivity contribution in [2.75, 3.05) is 26.8 Å². The summed E-state index contributed by atoms with van der Waals surface area (Å²) in [5, 5.41) is 3.38. The monoisotopic (exact) mass is 269 g/mol. The smallest absolute Gasteiger partial charge is 0.0587 e. The number of ether oxygens (including phenoxy) is 1. The lowest BCUT2D eigenvalue weighted by atomic mass is 9.95. The number of unbranched alkanes of at least 4 members (excludes halogenated alkanes) is 1. The molecule has 2 nitrogen and oxygen atoms in total. The molecule has 0 aliphatic rings. The molecule has 0 aromatic carbocycles. The lowest BCUT2D eigenvalue weighted by Crippen LogP contribution is -2.20. The number of nitrogens with one attached hydrogen (secondary N) is 1. The van der Waals surface area contributed by atoms with Crippen LogP contribution in [0, 0.1) is 0 Å². The lowest BCUT2D eigenvalue weighted by molar-refractivity contribution is 0.199. The van der Waals surface area contributed by atoms with Gasteiger partial charge >= 0.3 is 0 Å². The number of methoxy groups -OCH3 is 1. The molecular formula is C15H27NOS. The molecule has 0 atom stereocenters. The Hall–Kier alpha value is -0.380. The van der Waals surface area contributed by atoms with Gasteiger partial charge in [0, 0.05) is 23.4 Å². The molecule has 1 N–H and O–H groups in total. The van der Waals surface area contributed by atoms with Gasteiger partial charge in [-0.2, -0.15) is 0 Å². The van der Waals surface area contributed by atoms with E-state index >= 15 is 0 Å². The molecule has 0 bridgehead atoms. The number of thiophene rings is 1. The molecule has 0 saturated carbocycles. The molecule has 1 aromatic rings. The summed E-state index contributed by atoms with van der Waals surface area (Å²) in [6.45, 7) is 9.71. The maximum atomic E-state index is 4.99. The van der Waals surface area contributed by atoms with Crippen molar-refractivity contribution in [2.24, 2.45) is 0 Å². The molecule has 1 rings (SSSR count). The molecule has 0 radical (unpaired) electrons. The minimum atomic E-state index is 0.296. The maximum absolute atomic E-state index is 4.99. The van der Waals surface area contributed by atoms with Gasteiger partial charge in [-0.05, 0) is 43.4 Å². The first kappa shape index (κ1) is 15.7. The fourth-order valence-electron chi connectivity index (χ4n) is 1.76. The normalized spacial score (nSPS) is 12.0. The standard InChI is InChI=1S/C15H27NOS/c1-15(2,3)14-9-8-13(18-14)7-5-6-10-16-11-12-17-4/h8-9,16H,5-7,10-12H2,1-4H3. The number of hydrogen-bond acceptors (Lipinski definition) is 3. The van der Waals surface area contributed by atoms with E-state index in [4.69, 9.17) is 4.74 Å². The quantitative estimate of drug-likeness (QED) is 0.728. The SMILES string of the molecule is COCCNCCCCc1ccc(C(C)(C)C)s1. The molecule has 0 spiro atoms. The van der Waals surface area contributed by atoms with Crippen molar-refractivity contribution in [1.29, 1.82) is 0 Å². The third kappa shape index (κ3) is 5.98. The summed E-state index contributed by atoms with van der Waals surface area (Å²) < 4.78 is 4.99. The van der Waals surface area contributed by atoms with Crippen molar-refractivity contribution >= 4 is 11.3 Å². The first-order valence-corrected chi connectivity index (χ1v) is 7.64. The predicted molar refractivity (Wildman–Crippen MR) is 80.7 cm³/mol. The highest BCUT2D eigenvalue weighted by Gasteiger charge is 2.15. The van der Waals surface area contributed by atoms with Gasteiger partial charge in [-0.25, -0.2) is 0 Å². The van der Waals surface area contributed by atoms with Crippen LogP contribution in [0.1, 0.15) is 43.4 Å². The van der Waals surface area contributed by atoms with E-state index < -0.39 is 0 Å². The Morgan fingerprint density at radius 2 is 1.94 bits per heavy atom. The zero-order valence-corrected chi connectivity index (χ0v) is 13.0. The molecule has 0 amide bonds. The Bertz CT molecular complexity index is 327. The van der Waals surface area contributed by atoms with Crippen LogP contribution in [0.5, 0.6) is 0 Å². The van der Waals surface area contributed by atoms with Gasteiger partial charge in [0.05, 0.1) is 6.61 Å². The third-order valence-corrected chi connectivity index (χ3v) is 4.48. The van der Waals surface area contributed by atoms with Crippen molar-refractivity contribution in [3.05, 3.63) is 21.9 Å². The summed E-state index contributed by atoms with van der Waals surface area (Å²) in [5.74, 6) is 0. The van der Waals surface area contributed by atoms with Crippen molar-refractivity contribution in [3.63, 3.8) is 0 Å². The summed E-state index contributed by atoms with van der Waals surface area (Å²) in [5.41, 5.74) is 0.296. The number of rotatable bonds is 8. The number of aryl methyl sites for hydroxylation is 1. The van der Waals surface area contributed by atoms with E-state index in [0.29, 0.717) is 5.41 Å². The summed E-state index contributed by atoms with van der Waals surface area (Å²) in [6, 6.07) is 4.58. The molecular weight excluding hydrogens is 242 g/mol. The van der Waals surface area contributed by atoms with Gasteiger partial charge in [0.25, 0.3) is 0 Å². The average Bonchev–Trinajstić information content (AvgIpc) is 2.76. The van der Waals surface area contributed by atoms with E-state index in [1.54, 1.807) is 7.11 Å². The minimum absolute atomic E-state index is 0.296. The Morgan fingerprint density at radius 3 is 2.56 bits per heavy atom. The average molecular weight is 269 g/mol. The van der Waals surface area contributed by atoms with Gasteiger partial charge in [-0.3, -0.25) is 0 Å². The van der Waals surface area contributed by atoms with Gasteiger partial charge < -0.3 is 10.1 Å². The second kappa shape index (κ2) is 7.93. The van der Waals surface area contributed by atoms with E-state index in [9.17, 15) is 0 Å². The van der Waals surface area contributed by atoms with Crippen molar-refractivity contribution in [2.45, 2.75) is 45.4 Å². The van der Waals surface area contributed by atoms with Gasteiger partial charge in [0.1, 0.15) is 0 Å². The topological polar surface area (TPSA) is 21.3 Å². The third-order valence-electron chi connectivity index (χ3n) is 2.91. The van der Waals surface area contributed by atoms with E-state index in [1.807, 2.05) is 11.3 Å². The zero-order valence-electron chi connectivity index (χ0n) is 12.2. The van der Waals surface area contributed by atoms with Crippen molar-refractivity contribution in [3.8, 4) is 0 Å². The van der Waals surface area contributed by atoms with Crippen LogP contribution >= 0.6 is 11.3 Å². The summed E-state index contributed by atoms with van der Waals surface area (Å²) in [7, 11) is 1.74. The van der Waals surface area contributed by atoms with E-state index in [0.717, 1.165) is 19.7 Å². The molecule has 3 heteroatoms. The van der Waals surface area contributed by atoms with Crippen LogP contribution in [0.2, 0.25) is 0 Å². The second-order valence-electron chi connectivity index (χ2n) is 5.72. The van der Waals surface area contributed by atoms with Crippen LogP contribution in [0.4, 0.5) is 0 Å². The fraction of sp³-hybridized carbons (Fsp3) is 0.733. The largest absolute Gasteiger partial charge is 0.383 e. The fourth-order valence-corrected chi connectivity index (χ4v) is 2.87. The summed E-state index contributed by atoms with van der Waals surface area (Å²) in [6.07, 6.45) is 3.73. The maximum Gasteiger partial charge on any atom is 0.0587 e. The minimum Gasteiger partial charge on any atom is -0.383 e.